The Hall–Kier alpha value is -1.28. The van der Waals surface area contributed by atoms with Crippen LogP contribution in [0.2, 0.25) is 10.0 Å². The van der Waals surface area contributed by atoms with E-state index in [1.165, 1.54) is 19.2 Å². The highest BCUT2D eigenvalue weighted by atomic mass is 35.5. The Kier molecular flexibility index (Phi) is 4.48. The zero-order valence-corrected chi connectivity index (χ0v) is 13.7. The summed E-state index contributed by atoms with van der Waals surface area (Å²) in [7, 11) is -0.555. The van der Waals surface area contributed by atoms with Crippen LogP contribution in [0.5, 0.6) is 0 Å². The molecule has 2 N–H and O–H groups in total. The minimum Gasteiger partial charge on any atom is -0.396 e. The zero-order valence-electron chi connectivity index (χ0n) is 11.4. The molecule has 9 heteroatoms. The van der Waals surface area contributed by atoms with Crippen molar-refractivity contribution in [3.63, 3.8) is 0 Å². The number of sulfonamides is 1. The molecule has 0 aliphatic rings. The van der Waals surface area contributed by atoms with Crippen molar-refractivity contribution >= 4 is 38.9 Å². The van der Waals surface area contributed by atoms with E-state index >= 15 is 0 Å². The molecule has 0 unspecified atom stereocenters. The molecule has 0 amide bonds. The van der Waals surface area contributed by atoms with Gasteiger partial charge in [0.05, 0.1) is 22.3 Å². The standard InChI is InChI=1S/C12H14Cl2N4O2S/c1-17-6-5-16-10(17)7-18(2)21(19,20)9-4-3-8(13)12(15)11(9)14/h3-6H,7,15H2,1-2H3. The Morgan fingerprint density at radius 3 is 2.62 bits per heavy atom. The maximum absolute atomic E-state index is 12.6. The average Bonchev–Trinajstić information content (AvgIpc) is 2.81. The molecule has 1 heterocycles. The predicted octanol–water partition coefficient (Wildman–Crippen LogP) is 2.13. The molecule has 1 aromatic carbocycles. The number of rotatable bonds is 4. The van der Waals surface area contributed by atoms with Crippen LogP contribution in [0.3, 0.4) is 0 Å². The molecule has 0 saturated heterocycles. The number of nitrogens with zero attached hydrogens (tertiary/aromatic N) is 3. The van der Waals surface area contributed by atoms with E-state index < -0.39 is 10.0 Å². The number of aromatic nitrogens is 2. The van der Waals surface area contributed by atoms with Crippen molar-refractivity contribution in [2.75, 3.05) is 12.8 Å². The number of nitrogens with two attached hydrogens (primary N) is 1. The summed E-state index contributed by atoms with van der Waals surface area (Å²) < 4.78 is 28.0. The van der Waals surface area contributed by atoms with Crippen molar-refractivity contribution in [1.82, 2.24) is 13.9 Å². The maximum Gasteiger partial charge on any atom is 0.244 e. The van der Waals surface area contributed by atoms with Gasteiger partial charge in [0.1, 0.15) is 10.7 Å². The summed E-state index contributed by atoms with van der Waals surface area (Å²) >= 11 is 11.8. The maximum atomic E-state index is 12.6. The summed E-state index contributed by atoms with van der Waals surface area (Å²) in [5, 5.41) is 0.139. The highest BCUT2D eigenvalue weighted by molar-refractivity contribution is 7.89. The first-order valence-corrected chi connectivity index (χ1v) is 8.10. The Balaban J connectivity index is 2.38. The minimum atomic E-state index is -3.79. The van der Waals surface area contributed by atoms with Gasteiger partial charge in [-0.15, -0.1) is 0 Å². The number of hydrogen-bond acceptors (Lipinski definition) is 4. The molecule has 6 nitrogen and oxygen atoms in total. The lowest BCUT2D eigenvalue weighted by atomic mass is 10.3. The van der Waals surface area contributed by atoms with Gasteiger partial charge < -0.3 is 10.3 Å². The van der Waals surface area contributed by atoms with Crippen molar-refractivity contribution in [2.45, 2.75) is 11.4 Å². The van der Waals surface area contributed by atoms with Crippen LogP contribution in [-0.2, 0) is 23.6 Å². The van der Waals surface area contributed by atoms with Crippen molar-refractivity contribution in [3.8, 4) is 0 Å². The van der Waals surface area contributed by atoms with Gasteiger partial charge in [-0.05, 0) is 12.1 Å². The van der Waals surface area contributed by atoms with E-state index in [2.05, 4.69) is 4.98 Å². The van der Waals surface area contributed by atoms with Crippen LogP contribution in [-0.4, -0.2) is 29.3 Å². The van der Waals surface area contributed by atoms with Crippen molar-refractivity contribution in [1.29, 1.82) is 0 Å². The SMILES string of the molecule is CN(Cc1nccn1C)S(=O)(=O)c1ccc(Cl)c(N)c1Cl. The Morgan fingerprint density at radius 2 is 2.05 bits per heavy atom. The summed E-state index contributed by atoms with van der Waals surface area (Å²) in [5.41, 5.74) is 5.72. The lowest BCUT2D eigenvalue weighted by Crippen LogP contribution is -2.28. The second-order valence-electron chi connectivity index (χ2n) is 4.49. The minimum absolute atomic E-state index is 0.0461. The third kappa shape index (κ3) is 3.01. The molecule has 0 saturated carbocycles. The Morgan fingerprint density at radius 1 is 1.38 bits per heavy atom. The number of aryl methyl sites for hydroxylation is 1. The molecule has 0 aliphatic carbocycles. The molecule has 0 bridgehead atoms. The number of anilines is 1. The fourth-order valence-corrected chi connectivity index (χ4v) is 3.61. The first-order valence-electron chi connectivity index (χ1n) is 5.91. The smallest absolute Gasteiger partial charge is 0.244 e. The normalized spacial score (nSPS) is 12.0. The summed E-state index contributed by atoms with van der Waals surface area (Å²) in [6.07, 6.45) is 3.34. The quantitative estimate of drug-likeness (QED) is 0.858. The van der Waals surface area contributed by atoms with Crippen LogP contribution in [0.15, 0.2) is 29.4 Å². The second-order valence-corrected chi connectivity index (χ2v) is 7.29. The Labute approximate surface area is 133 Å². The zero-order chi connectivity index (χ0) is 15.8. The molecule has 114 valence electrons. The molecule has 0 radical (unpaired) electrons. The fourth-order valence-electron chi connectivity index (χ4n) is 1.75. The highest BCUT2D eigenvalue weighted by Crippen LogP contribution is 2.34. The lowest BCUT2D eigenvalue weighted by molar-refractivity contribution is 0.451. The average molecular weight is 349 g/mol. The van der Waals surface area contributed by atoms with Crippen molar-refractivity contribution < 1.29 is 8.42 Å². The van der Waals surface area contributed by atoms with Crippen molar-refractivity contribution in [2.24, 2.45) is 7.05 Å². The molecule has 2 aromatic rings. The van der Waals surface area contributed by atoms with E-state index in [1.807, 2.05) is 0 Å². The molecule has 21 heavy (non-hydrogen) atoms. The summed E-state index contributed by atoms with van der Waals surface area (Å²) in [6.45, 7) is 0.116. The molecular weight excluding hydrogens is 335 g/mol. The van der Waals surface area contributed by atoms with Crippen LogP contribution in [0.25, 0.3) is 0 Å². The summed E-state index contributed by atoms with van der Waals surface area (Å²) in [5.74, 6) is 0.610. The molecular formula is C12H14Cl2N4O2S. The van der Waals surface area contributed by atoms with Crippen LogP contribution < -0.4 is 5.73 Å². The van der Waals surface area contributed by atoms with E-state index in [9.17, 15) is 8.42 Å². The first-order chi connectivity index (χ1) is 9.75. The van der Waals surface area contributed by atoms with Crippen LogP contribution in [0.1, 0.15) is 5.82 Å². The van der Waals surface area contributed by atoms with Crippen LogP contribution in [0.4, 0.5) is 5.69 Å². The van der Waals surface area contributed by atoms with Crippen LogP contribution in [0, 0.1) is 0 Å². The molecule has 0 spiro atoms. The second kappa shape index (κ2) is 5.84. The number of hydrogen-bond donors (Lipinski definition) is 1. The fraction of sp³-hybridized carbons (Fsp3) is 0.250. The van der Waals surface area contributed by atoms with Gasteiger partial charge in [0.2, 0.25) is 10.0 Å². The predicted molar refractivity (Wildman–Crippen MR) is 82.7 cm³/mol. The topological polar surface area (TPSA) is 81.2 Å². The lowest BCUT2D eigenvalue weighted by Gasteiger charge is -2.18. The largest absolute Gasteiger partial charge is 0.396 e. The number of benzene rings is 1. The first kappa shape index (κ1) is 16.1. The van der Waals surface area contributed by atoms with Gasteiger partial charge in [0, 0.05) is 26.5 Å². The van der Waals surface area contributed by atoms with Crippen molar-refractivity contribution in [3.05, 3.63) is 40.4 Å². The van der Waals surface area contributed by atoms with Gasteiger partial charge in [-0.3, -0.25) is 0 Å². The van der Waals surface area contributed by atoms with E-state index in [-0.39, 0.29) is 27.2 Å². The van der Waals surface area contributed by atoms with E-state index in [4.69, 9.17) is 28.9 Å². The van der Waals surface area contributed by atoms with Gasteiger partial charge in [-0.2, -0.15) is 4.31 Å². The molecule has 0 aliphatic heterocycles. The van der Waals surface area contributed by atoms with Gasteiger partial charge in [-0.1, -0.05) is 23.2 Å². The van der Waals surface area contributed by atoms with Gasteiger partial charge >= 0.3 is 0 Å². The number of halogens is 2. The van der Waals surface area contributed by atoms with Crippen LogP contribution >= 0.6 is 23.2 Å². The Bertz CT molecular complexity index is 774. The van der Waals surface area contributed by atoms with Gasteiger partial charge in [0.15, 0.2) is 0 Å². The number of nitrogen functional groups attached to an aromatic ring is 1. The summed E-state index contributed by atoms with van der Waals surface area (Å²) in [4.78, 5) is 4.01. The van der Waals surface area contributed by atoms with Gasteiger partial charge in [0.25, 0.3) is 0 Å². The van der Waals surface area contributed by atoms with Gasteiger partial charge in [-0.25, -0.2) is 13.4 Å². The highest BCUT2D eigenvalue weighted by Gasteiger charge is 2.26. The number of imidazole rings is 1. The third-order valence-corrected chi connectivity index (χ3v) is 5.76. The molecule has 0 atom stereocenters. The summed E-state index contributed by atoms with van der Waals surface area (Å²) in [6, 6.07) is 2.75. The monoisotopic (exact) mass is 348 g/mol. The molecule has 2 rings (SSSR count). The molecule has 0 fully saturated rings. The van der Waals surface area contributed by atoms with E-state index in [1.54, 1.807) is 24.0 Å². The molecule has 1 aromatic heterocycles. The van der Waals surface area contributed by atoms with E-state index in [0.29, 0.717) is 5.82 Å². The van der Waals surface area contributed by atoms with E-state index in [0.717, 1.165) is 4.31 Å². The third-order valence-electron chi connectivity index (χ3n) is 3.06.